The van der Waals surface area contributed by atoms with Crippen LogP contribution in [0.2, 0.25) is 0 Å². The van der Waals surface area contributed by atoms with Crippen molar-refractivity contribution in [3.05, 3.63) is 35.9 Å². The Morgan fingerprint density at radius 1 is 1.16 bits per heavy atom. The summed E-state index contributed by atoms with van der Waals surface area (Å²) < 4.78 is 5.69. The molecule has 1 aliphatic rings. The van der Waals surface area contributed by atoms with Gasteiger partial charge in [-0.2, -0.15) is 0 Å². The third kappa shape index (κ3) is 3.82. The molecule has 1 aliphatic carbocycles. The van der Waals surface area contributed by atoms with Crippen LogP contribution in [0.5, 0.6) is 0 Å². The van der Waals surface area contributed by atoms with Crippen molar-refractivity contribution < 1.29 is 9.53 Å². The molecule has 0 heterocycles. The summed E-state index contributed by atoms with van der Waals surface area (Å²) in [7, 11) is 0. The predicted octanol–water partition coefficient (Wildman–Crippen LogP) is 4.30. The molecule has 0 saturated heterocycles. The molecule has 3 atom stereocenters. The van der Waals surface area contributed by atoms with Crippen molar-refractivity contribution >= 4 is 5.97 Å². The van der Waals surface area contributed by atoms with Gasteiger partial charge in [-0.05, 0) is 49.1 Å². The average Bonchev–Trinajstić information content (AvgIpc) is 2.39. The summed E-state index contributed by atoms with van der Waals surface area (Å²) in [6.45, 7) is 6.79. The van der Waals surface area contributed by atoms with Crippen molar-refractivity contribution in [1.29, 1.82) is 0 Å². The number of carbonyl (C=O) groups excluding carboxylic acids is 1. The van der Waals surface area contributed by atoms with Crippen LogP contribution in [0.15, 0.2) is 30.3 Å². The van der Waals surface area contributed by atoms with Crippen LogP contribution in [-0.4, -0.2) is 12.1 Å². The normalized spacial score (nSPS) is 27.3. The van der Waals surface area contributed by atoms with Gasteiger partial charge in [0.05, 0.1) is 5.56 Å². The Kier molecular flexibility index (Phi) is 4.62. The van der Waals surface area contributed by atoms with E-state index < -0.39 is 0 Å². The van der Waals surface area contributed by atoms with E-state index in [1.54, 1.807) is 0 Å². The Morgan fingerprint density at radius 2 is 1.84 bits per heavy atom. The Hall–Kier alpha value is -1.31. The van der Waals surface area contributed by atoms with Gasteiger partial charge in [0.2, 0.25) is 0 Å². The van der Waals surface area contributed by atoms with Gasteiger partial charge in [-0.3, -0.25) is 0 Å². The SMILES string of the molecule is CC(C)[C@@H]1C[C@@H](C)C[C@@H](OC(=O)c2ccccc2)C1. The van der Waals surface area contributed by atoms with Crippen molar-refractivity contribution in [2.24, 2.45) is 17.8 Å². The maximum Gasteiger partial charge on any atom is 0.338 e. The molecule has 2 nitrogen and oxygen atoms in total. The van der Waals surface area contributed by atoms with Gasteiger partial charge >= 0.3 is 5.97 Å². The number of benzene rings is 1. The lowest BCUT2D eigenvalue weighted by molar-refractivity contribution is 0.00156. The predicted molar refractivity (Wildman–Crippen MR) is 77.0 cm³/mol. The van der Waals surface area contributed by atoms with Crippen LogP contribution in [-0.2, 0) is 4.74 Å². The van der Waals surface area contributed by atoms with E-state index in [4.69, 9.17) is 4.74 Å². The van der Waals surface area contributed by atoms with Gasteiger partial charge in [0.1, 0.15) is 6.10 Å². The molecule has 0 aromatic heterocycles. The van der Waals surface area contributed by atoms with E-state index in [0.29, 0.717) is 23.3 Å². The highest BCUT2D eigenvalue weighted by Crippen LogP contribution is 2.35. The highest BCUT2D eigenvalue weighted by atomic mass is 16.5. The highest BCUT2D eigenvalue weighted by Gasteiger charge is 2.30. The molecule has 19 heavy (non-hydrogen) atoms. The fourth-order valence-electron chi connectivity index (χ4n) is 3.03. The minimum atomic E-state index is -0.179. The van der Waals surface area contributed by atoms with Crippen molar-refractivity contribution in [2.45, 2.75) is 46.1 Å². The van der Waals surface area contributed by atoms with Crippen LogP contribution in [0.3, 0.4) is 0 Å². The fourth-order valence-corrected chi connectivity index (χ4v) is 3.03. The Morgan fingerprint density at radius 3 is 2.47 bits per heavy atom. The minimum absolute atomic E-state index is 0.0869. The van der Waals surface area contributed by atoms with Crippen LogP contribution < -0.4 is 0 Å². The first-order chi connectivity index (χ1) is 9.06. The zero-order chi connectivity index (χ0) is 13.8. The van der Waals surface area contributed by atoms with Crippen molar-refractivity contribution in [1.82, 2.24) is 0 Å². The molecule has 0 aliphatic heterocycles. The van der Waals surface area contributed by atoms with E-state index in [0.717, 1.165) is 12.8 Å². The monoisotopic (exact) mass is 260 g/mol. The quantitative estimate of drug-likeness (QED) is 0.757. The second-order valence-electron chi connectivity index (χ2n) is 6.21. The number of hydrogen-bond donors (Lipinski definition) is 0. The smallest absolute Gasteiger partial charge is 0.338 e. The summed E-state index contributed by atoms with van der Waals surface area (Å²) in [5, 5.41) is 0. The van der Waals surface area contributed by atoms with E-state index in [1.165, 1.54) is 6.42 Å². The third-order valence-electron chi connectivity index (χ3n) is 4.16. The minimum Gasteiger partial charge on any atom is -0.459 e. The van der Waals surface area contributed by atoms with Crippen LogP contribution in [0.4, 0.5) is 0 Å². The lowest BCUT2D eigenvalue weighted by Gasteiger charge is -2.35. The molecule has 0 unspecified atom stereocenters. The molecule has 0 spiro atoms. The van der Waals surface area contributed by atoms with Gasteiger partial charge in [0.25, 0.3) is 0 Å². The summed E-state index contributed by atoms with van der Waals surface area (Å²) in [6.07, 6.45) is 3.36. The number of hydrogen-bond acceptors (Lipinski definition) is 2. The topological polar surface area (TPSA) is 26.3 Å². The van der Waals surface area contributed by atoms with Gasteiger partial charge in [-0.1, -0.05) is 39.0 Å². The zero-order valence-electron chi connectivity index (χ0n) is 12.1. The summed E-state index contributed by atoms with van der Waals surface area (Å²) in [4.78, 5) is 12.1. The molecule has 1 aromatic rings. The molecular weight excluding hydrogens is 236 g/mol. The van der Waals surface area contributed by atoms with E-state index >= 15 is 0 Å². The fraction of sp³-hybridized carbons (Fsp3) is 0.588. The van der Waals surface area contributed by atoms with E-state index in [1.807, 2.05) is 30.3 Å². The molecule has 2 heteroatoms. The largest absolute Gasteiger partial charge is 0.459 e. The maximum absolute atomic E-state index is 12.1. The molecular formula is C17H24O2. The summed E-state index contributed by atoms with van der Waals surface area (Å²) in [6, 6.07) is 9.28. The first kappa shape index (κ1) is 14.1. The van der Waals surface area contributed by atoms with E-state index in [2.05, 4.69) is 20.8 Å². The van der Waals surface area contributed by atoms with Gasteiger partial charge in [0, 0.05) is 0 Å². The molecule has 1 fully saturated rings. The van der Waals surface area contributed by atoms with Gasteiger partial charge in [-0.15, -0.1) is 0 Å². The summed E-state index contributed by atoms with van der Waals surface area (Å²) in [5.41, 5.74) is 0.654. The first-order valence-corrected chi connectivity index (χ1v) is 7.32. The van der Waals surface area contributed by atoms with E-state index in [9.17, 15) is 4.79 Å². The molecule has 2 rings (SSSR count). The average molecular weight is 260 g/mol. The molecule has 1 saturated carbocycles. The zero-order valence-corrected chi connectivity index (χ0v) is 12.1. The van der Waals surface area contributed by atoms with Crippen molar-refractivity contribution in [3.63, 3.8) is 0 Å². The second kappa shape index (κ2) is 6.23. The lowest BCUT2D eigenvalue weighted by atomic mass is 9.75. The molecule has 104 valence electrons. The lowest BCUT2D eigenvalue weighted by Crippen LogP contribution is -2.31. The van der Waals surface area contributed by atoms with Crippen LogP contribution in [0.1, 0.15) is 50.4 Å². The molecule has 1 aromatic carbocycles. The van der Waals surface area contributed by atoms with Crippen LogP contribution >= 0.6 is 0 Å². The maximum atomic E-state index is 12.1. The Balaban J connectivity index is 1.97. The Bertz CT molecular complexity index is 411. The second-order valence-corrected chi connectivity index (χ2v) is 6.21. The number of ether oxygens (including phenoxy) is 1. The van der Waals surface area contributed by atoms with E-state index in [-0.39, 0.29) is 12.1 Å². The molecule has 0 radical (unpaired) electrons. The number of esters is 1. The highest BCUT2D eigenvalue weighted by molar-refractivity contribution is 5.89. The number of rotatable bonds is 3. The summed E-state index contributed by atoms with van der Waals surface area (Å²) in [5.74, 6) is 1.81. The van der Waals surface area contributed by atoms with Gasteiger partial charge < -0.3 is 4.74 Å². The third-order valence-corrected chi connectivity index (χ3v) is 4.16. The van der Waals surface area contributed by atoms with Crippen molar-refractivity contribution in [2.75, 3.05) is 0 Å². The molecule has 0 amide bonds. The van der Waals surface area contributed by atoms with Crippen LogP contribution in [0.25, 0.3) is 0 Å². The van der Waals surface area contributed by atoms with Gasteiger partial charge in [-0.25, -0.2) is 4.79 Å². The van der Waals surface area contributed by atoms with Crippen LogP contribution in [0, 0.1) is 17.8 Å². The standard InChI is InChI=1S/C17H24O2/c1-12(2)15-9-13(3)10-16(11-15)19-17(18)14-7-5-4-6-8-14/h4-8,12-13,15-16H,9-11H2,1-3H3/t13-,15-,16-/m1/s1. The van der Waals surface area contributed by atoms with Gasteiger partial charge in [0.15, 0.2) is 0 Å². The molecule has 0 N–H and O–H groups in total. The number of carbonyl (C=O) groups is 1. The molecule has 0 bridgehead atoms. The summed E-state index contributed by atoms with van der Waals surface area (Å²) >= 11 is 0. The Labute approximate surface area is 116 Å². The first-order valence-electron chi connectivity index (χ1n) is 7.32. The van der Waals surface area contributed by atoms with Crippen molar-refractivity contribution in [3.8, 4) is 0 Å².